The minimum Gasteiger partial charge on any atom is -0.481 e. The first-order valence-corrected chi connectivity index (χ1v) is 4.13. The van der Waals surface area contributed by atoms with Crippen LogP contribution in [-0.2, 0) is 9.59 Å². The zero-order valence-corrected chi connectivity index (χ0v) is 7.67. The Morgan fingerprint density at radius 3 is 2.42 bits per heavy atom. The summed E-state index contributed by atoms with van der Waals surface area (Å²) in [5.74, 6) is -0.769. The van der Waals surface area contributed by atoms with Crippen LogP contribution in [0.1, 0.15) is 39.5 Å². The predicted octanol–water partition coefficient (Wildman–Crippen LogP) is 1.86. The predicted molar refractivity (Wildman–Crippen MR) is 45.9 cm³/mol. The van der Waals surface area contributed by atoms with Crippen LogP contribution in [0.25, 0.3) is 0 Å². The average molecular weight is 172 g/mol. The first-order valence-electron chi connectivity index (χ1n) is 4.13. The zero-order valence-electron chi connectivity index (χ0n) is 7.67. The van der Waals surface area contributed by atoms with Gasteiger partial charge in [0.05, 0.1) is 0 Å². The van der Waals surface area contributed by atoms with Gasteiger partial charge in [-0.05, 0) is 18.3 Å². The molecule has 0 spiro atoms. The Hall–Kier alpha value is -0.860. The monoisotopic (exact) mass is 172 g/mol. The fourth-order valence-corrected chi connectivity index (χ4v) is 1.02. The second-order valence-electron chi connectivity index (χ2n) is 3.76. The van der Waals surface area contributed by atoms with Crippen LogP contribution in [0.5, 0.6) is 0 Å². The van der Waals surface area contributed by atoms with E-state index < -0.39 is 5.97 Å². The number of hydrogen-bond donors (Lipinski definition) is 1. The Morgan fingerprint density at radius 2 is 2.00 bits per heavy atom. The molecule has 0 saturated carbocycles. The summed E-state index contributed by atoms with van der Waals surface area (Å²) in [6.45, 7) is 3.97. The summed E-state index contributed by atoms with van der Waals surface area (Å²) >= 11 is 0. The van der Waals surface area contributed by atoms with Crippen LogP contribution in [0.15, 0.2) is 0 Å². The Bertz CT molecular complexity index is 161. The van der Waals surface area contributed by atoms with E-state index in [4.69, 9.17) is 5.11 Å². The summed E-state index contributed by atoms with van der Waals surface area (Å²) in [4.78, 5) is 20.3. The summed E-state index contributed by atoms with van der Waals surface area (Å²) in [5.41, 5.74) is -0.0285. The van der Waals surface area contributed by atoms with Crippen LogP contribution >= 0.6 is 0 Å². The van der Waals surface area contributed by atoms with Crippen molar-refractivity contribution in [3.63, 3.8) is 0 Å². The first-order chi connectivity index (χ1) is 5.48. The van der Waals surface area contributed by atoms with Gasteiger partial charge < -0.3 is 9.90 Å². The number of aliphatic carboxylic acids is 1. The van der Waals surface area contributed by atoms with Crippen molar-refractivity contribution >= 4 is 12.3 Å². The van der Waals surface area contributed by atoms with Crippen LogP contribution < -0.4 is 0 Å². The van der Waals surface area contributed by atoms with Crippen molar-refractivity contribution in [1.82, 2.24) is 0 Å². The molecule has 0 amide bonds. The van der Waals surface area contributed by atoms with Gasteiger partial charge in [-0.2, -0.15) is 0 Å². The van der Waals surface area contributed by atoms with E-state index in [9.17, 15) is 9.59 Å². The highest BCUT2D eigenvalue weighted by molar-refractivity contribution is 5.66. The van der Waals surface area contributed by atoms with Gasteiger partial charge in [-0.25, -0.2) is 0 Å². The maximum atomic E-state index is 10.3. The third kappa shape index (κ3) is 5.89. The molecule has 0 fully saturated rings. The molecule has 70 valence electrons. The largest absolute Gasteiger partial charge is 0.481 e. The number of carboxylic acids is 1. The number of hydrogen-bond acceptors (Lipinski definition) is 2. The van der Waals surface area contributed by atoms with Gasteiger partial charge in [0.15, 0.2) is 0 Å². The van der Waals surface area contributed by atoms with Crippen molar-refractivity contribution < 1.29 is 14.7 Å². The summed E-state index contributed by atoms with van der Waals surface area (Å²) < 4.78 is 0. The van der Waals surface area contributed by atoms with Crippen LogP contribution in [0.4, 0.5) is 0 Å². The molecule has 0 unspecified atom stereocenters. The molecule has 0 radical (unpaired) electrons. The molecule has 0 aliphatic carbocycles. The second kappa shape index (κ2) is 4.91. The maximum Gasteiger partial charge on any atom is 0.303 e. The van der Waals surface area contributed by atoms with E-state index in [1.54, 1.807) is 0 Å². The maximum absolute atomic E-state index is 10.3. The van der Waals surface area contributed by atoms with Gasteiger partial charge in [0.2, 0.25) is 0 Å². The third-order valence-corrected chi connectivity index (χ3v) is 1.95. The summed E-state index contributed by atoms with van der Waals surface area (Å²) in [6.07, 6.45) is 2.99. The average Bonchev–Trinajstić information content (AvgIpc) is 1.98. The van der Waals surface area contributed by atoms with Gasteiger partial charge in [-0.1, -0.05) is 13.8 Å². The quantitative estimate of drug-likeness (QED) is 0.622. The van der Waals surface area contributed by atoms with Gasteiger partial charge in [0.25, 0.3) is 0 Å². The lowest BCUT2D eigenvalue weighted by atomic mass is 9.83. The molecule has 3 heteroatoms. The molecule has 3 nitrogen and oxygen atoms in total. The van der Waals surface area contributed by atoms with Crippen molar-refractivity contribution in [2.24, 2.45) is 5.41 Å². The molecule has 0 saturated heterocycles. The molecule has 0 aliphatic rings. The number of carbonyl (C=O) groups is 2. The third-order valence-electron chi connectivity index (χ3n) is 1.95. The Morgan fingerprint density at radius 1 is 1.42 bits per heavy atom. The minimum atomic E-state index is -0.769. The fraction of sp³-hybridized carbons (Fsp3) is 0.778. The summed E-state index contributed by atoms with van der Waals surface area (Å²) in [5, 5.41) is 8.43. The van der Waals surface area contributed by atoms with E-state index in [2.05, 4.69) is 0 Å². The lowest BCUT2D eigenvalue weighted by molar-refractivity contribution is -0.137. The molecule has 1 N–H and O–H groups in total. The SMILES string of the molecule is CC(C)(CCC=O)CCC(=O)O. The summed E-state index contributed by atoms with van der Waals surface area (Å²) in [6, 6.07) is 0. The summed E-state index contributed by atoms with van der Waals surface area (Å²) in [7, 11) is 0. The van der Waals surface area contributed by atoms with Gasteiger partial charge in [-0.15, -0.1) is 0 Å². The van der Waals surface area contributed by atoms with Gasteiger partial charge in [0, 0.05) is 12.8 Å². The number of rotatable bonds is 6. The molecule has 0 bridgehead atoms. The van der Waals surface area contributed by atoms with Crippen LogP contribution in [0.2, 0.25) is 0 Å². The molecule has 0 aromatic carbocycles. The second-order valence-corrected chi connectivity index (χ2v) is 3.76. The van der Waals surface area contributed by atoms with E-state index in [0.29, 0.717) is 12.8 Å². The smallest absolute Gasteiger partial charge is 0.303 e. The highest BCUT2D eigenvalue weighted by atomic mass is 16.4. The van der Waals surface area contributed by atoms with Crippen molar-refractivity contribution in [3.8, 4) is 0 Å². The normalized spacial score (nSPS) is 11.2. The standard InChI is InChI=1S/C9H16O3/c1-9(2,5-3-7-10)6-4-8(11)12/h7H,3-6H2,1-2H3,(H,11,12). The van der Waals surface area contributed by atoms with Crippen molar-refractivity contribution in [2.45, 2.75) is 39.5 Å². The Balaban J connectivity index is 3.69. The van der Waals surface area contributed by atoms with Gasteiger partial charge in [0.1, 0.15) is 6.29 Å². The van der Waals surface area contributed by atoms with Crippen molar-refractivity contribution in [3.05, 3.63) is 0 Å². The van der Waals surface area contributed by atoms with E-state index >= 15 is 0 Å². The number of carbonyl (C=O) groups excluding carboxylic acids is 1. The molecule has 0 aromatic heterocycles. The lowest BCUT2D eigenvalue weighted by Gasteiger charge is -2.22. The first kappa shape index (κ1) is 11.1. The zero-order chi connectivity index (χ0) is 9.61. The fourth-order valence-electron chi connectivity index (χ4n) is 1.02. The minimum absolute atomic E-state index is 0.0285. The Kier molecular flexibility index (Phi) is 4.55. The van der Waals surface area contributed by atoms with Crippen molar-refractivity contribution in [2.75, 3.05) is 0 Å². The number of carboxylic acid groups (broad SMARTS) is 1. The van der Waals surface area contributed by atoms with Crippen LogP contribution in [0.3, 0.4) is 0 Å². The molecule has 12 heavy (non-hydrogen) atoms. The van der Waals surface area contributed by atoms with Gasteiger partial charge in [-0.3, -0.25) is 4.79 Å². The highest BCUT2D eigenvalue weighted by Crippen LogP contribution is 2.27. The number of aldehydes is 1. The molecule has 0 aromatic rings. The van der Waals surface area contributed by atoms with Crippen LogP contribution in [-0.4, -0.2) is 17.4 Å². The van der Waals surface area contributed by atoms with E-state index in [1.165, 1.54) is 0 Å². The lowest BCUT2D eigenvalue weighted by Crippen LogP contribution is -2.13. The van der Waals surface area contributed by atoms with E-state index in [1.807, 2.05) is 13.8 Å². The molecule has 0 atom stereocenters. The molecular formula is C9H16O3. The molecule has 0 rings (SSSR count). The molecule has 0 heterocycles. The highest BCUT2D eigenvalue weighted by Gasteiger charge is 2.18. The molecular weight excluding hydrogens is 156 g/mol. The van der Waals surface area contributed by atoms with Crippen molar-refractivity contribution in [1.29, 1.82) is 0 Å². The molecule has 0 aliphatic heterocycles. The van der Waals surface area contributed by atoms with Gasteiger partial charge >= 0.3 is 5.97 Å². The van der Waals surface area contributed by atoms with E-state index in [-0.39, 0.29) is 11.8 Å². The van der Waals surface area contributed by atoms with Crippen LogP contribution in [0, 0.1) is 5.41 Å². The van der Waals surface area contributed by atoms with E-state index in [0.717, 1.165) is 12.7 Å². The topological polar surface area (TPSA) is 54.4 Å². The Labute approximate surface area is 72.8 Å².